The van der Waals surface area contributed by atoms with Gasteiger partial charge in [-0.1, -0.05) is 0 Å². The quantitative estimate of drug-likeness (QED) is 0.825. The molecule has 2 N–H and O–H groups in total. The highest BCUT2D eigenvalue weighted by molar-refractivity contribution is 9.10. The van der Waals surface area contributed by atoms with Crippen LogP contribution in [0.15, 0.2) is 33.3 Å². The third-order valence-corrected chi connectivity index (χ3v) is 5.97. The molecule has 6 heteroatoms. The van der Waals surface area contributed by atoms with Gasteiger partial charge in [0.05, 0.1) is 5.92 Å². The van der Waals surface area contributed by atoms with Crippen LogP contribution in [0.4, 0.5) is 0 Å². The smallest absolute Gasteiger partial charge is 0.205 e. The summed E-state index contributed by atoms with van der Waals surface area (Å²) in [4.78, 5) is 14.4. The Hall–Kier alpha value is -1.58. The summed E-state index contributed by atoms with van der Waals surface area (Å²) in [6, 6.07) is 4.08. The number of nitrogens with two attached hydrogens (primary N) is 1. The van der Waals surface area contributed by atoms with Crippen molar-refractivity contribution in [1.29, 1.82) is 5.26 Å². The van der Waals surface area contributed by atoms with E-state index in [4.69, 9.17) is 10.5 Å². The molecule has 0 amide bonds. The molecule has 0 saturated heterocycles. The maximum atomic E-state index is 12.4. The van der Waals surface area contributed by atoms with E-state index >= 15 is 0 Å². The van der Waals surface area contributed by atoms with Gasteiger partial charge in [0, 0.05) is 32.6 Å². The van der Waals surface area contributed by atoms with Gasteiger partial charge in [0.25, 0.3) is 0 Å². The third-order valence-electron chi connectivity index (χ3n) is 3.77. The largest absolute Gasteiger partial charge is 0.444 e. The maximum Gasteiger partial charge on any atom is 0.205 e. The van der Waals surface area contributed by atoms with Gasteiger partial charge in [0.15, 0.2) is 5.78 Å². The zero-order valence-corrected chi connectivity index (χ0v) is 13.8. The van der Waals surface area contributed by atoms with Crippen molar-refractivity contribution in [3.63, 3.8) is 0 Å². The molecule has 4 nitrogen and oxygen atoms in total. The molecule has 21 heavy (non-hydrogen) atoms. The Labute approximate surface area is 135 Å². The monoisotopic (exact) mass is 364 g/mol. The predicted molar refractivity (Wildman–Crippen MR) is 83.3 cm³/mol. The molecule has 0 aromatic carbocycles. The number of hydrogen-bond acceptors (Lipinski definition) is 5. The predicted octanol–water partition coefficient (Wildman–Crippen LogP) is 3.63. The van der Waals surface area contributed by atoms with Crippen LogP contribution < -0.4 is 5.73 Å². The van der Waals surface area contributed by atoms with E-state index in [1.54, 1.807) is 11.3 Å². The van der Waals surface area contributed by atoms with Gasteiger partial charge >= 0.3 is 0 Å². The lowest BCUT2D eigenvalue weighted by atomic mass is 9.80. The van der Waals surface area contributed by atoms with Crippen LogP contribution in [-0.4, -0.2) is 5.78 Å². The Kier molecular flexibility index (Phi) is 3.64. The van der Waals surface area contributed by atoms with Crippen LogP contribution in [0.5, 0.6) is 0 Å². The molecular formula is C15H13BrN2O2S. The summed E-state index contributed by atoms with van der Waals surface area (Å²) in [5.74, 6) is 0.429. The molecule has 0 unspecified atom stereocenters. The first-order valence-corrected chi connectivity index (χ1v) is 8.23. The van der Waals surface area contributed by atoms with E-state index in [2.05, 4.69) is 22.0 Å². The maximum absolute atomic E-state index is 12.4. The first kappa shape index (κ1) is 14.4. The fourth-order valence-corrected chi connectivity index (χ4v) is 4.45. The molecule has 0 radical (unpaired) electrons. The topological polar surface area (TPSA) is 76.1 Å². The number of Topliss-reactive ketones (excluding diaryl/α,β-unsaturated/α-hetero) is 1. The lowest BCUT2D eigenvalue weighted by Crippen LogP contribution is -2.26. The van der Waals surface area contributed by atoms with Gasteiger partial charge in [0.2, 0.25) is 5.88 Å². The van der Waals surface area contributed by atoms with E-state index in [1.165, 1.54) is 0 Å². The van der Waals surface area contributed by atoms with Crippen molar-refractivity contribution in [2.45, 2.75) is 32.1 Å². The van der Waals surface area contributed by atoms with Crippen LogP contribution in [0.1, 0.15) is 34.9 Å². The number of carbonyl (C=O) groups excluding carboxylic acids is 1. The summed E-state index contributed by atoms with van der Waals surface area (Å²) in [6.07, 6.45) is 1.97. The summed E-state index contributed by atoms with van der Waals surface area (Å²) in [5.41, 5.74) is 6.84. The van der Waals surface area contributed by atoms with E-state index in [0.29, 0.717) is 29.7 Å². The molecule has 1 aliphatic heterocycles. The van der Waals surface area contributed by atoms with Gasteiger partial charge < -0.3 is 10.5 Å². The van der Waals surface area contributed by atoms with E-state index in [0.717, 1.165) is 20.6 Å². The Morgan fingerprint density at radius 2 is 2.29 bits per heavy atom. The van der Waals surface area contributed by atoms with Crippen molar-refractivity contribution >= 4 is 33.0 Å². The molecule has 3 rings (SSSR count). The van der Waals surface area contributed by atoms with Crippen LogP contribution in [0.3, 0.4) is 0 Å². The molecule has 2 heterocycles. The van der Waals surface area contributed by atoms with Crippen molar-refractivity contribution in [2.24, 2.45) is 5.73 Å². The second-order valence-electron chi connectivity index (χ2n) is 5.09. The number of aryl methyl sites for hydroxylation is 1. The lowest BCUT2D eigenvalue weighted by Gasteiger charge is -2.30. The van der Waals surface area contributed by atoms with Gasteiger partial charge in [-0.05, 0) is 35.3 Å². The molecule has 1 aromatic rings. The molecule has 108 valence electrons. The molecule has 0 saturated carbocycles. The van der Waals surface area contributed by atoms with Crippen LogP contribution in [0.2, 0.25) is 0 Å². The summed E-state index contributed by atoms with van der Waals surface area (Å²) < 4.78 is 6.52. The summed E-state index contributed by atoms with van der Waals surface area (Å²) in [7, 11) is 0. The lowest BCUT2D eigenvalue weighted by molar-refractivity contribution is -0.116. The average Bonchev–Trinajstić information content (AvgIpc) is 2.77. The van der Waals surface area contributed by atoms with Crippen molar-refractivity contribution in [2.75, 3.05) is 0 Å². The van der Waals surface area contributed by atoms with Gasteiger partial charge in [0.1, 0.15) is 17.4 Å². The van der Waals surface area contributed by atoms with E-state index in [1.807, 2.05) is 13.0 Å². The van der Waals surface area contributed by atoms with Gasteiger partial charge in [-0.25, -0.2) is 0 Å². The number of halogens is 1. The standard InChI is InChI=1S/C15H13BrN2O2S/c1-7-9(16)5-12(21-7)13-8(6-17)15(18)20-11-4-2-3-10(19)14(11)13/h5,13H,2-4,18H2,1H3/t13-/m1/s1. The minimum atomic E-state index is -0.387. The van der Waals surface area contributed by atoms with E-state index in [9.17, 15) is 10.1 Å². The summed E-state index contributed by atoms with van der Waals surface area (Å²) in [5, 5.41) is 9.44. The number of allylic oxidation sites excluding steroid dienone is 3. The van der Waals surface area contributed by atoms with Crippen LogP contribution in [0.25, 0.3) is 0 Å². The fraction of sp³-hybridized carbons (Fsp3) is 0.333. The molecule has 2 aliphatic rings. The zero-order valence-electron chi connectivity index (χ0n) is 11.4. The normalized spacial score (nSPS) is 22.0. The van der Waals surface area contributed by atoms with Gasteiger partial charge in [-0.3, -0.25) is 4.79 Å². The minimum Gasteiger partial charge on any atom is -0.444 e. The van der Waals surface area contributed by atoms with Gasteiger partial charge in [-0.2, -0.15) is 5.26 Å². The highest BCUT2D eigenvalue weighted by Crippen LogP contribution is 2.46. The van der Waals surface area contributed by atoms with Crippen molar-refractivity contribution in [1.82, 2.24) is 0 Å². The summed E-state index contributed by atoms with van der Waals surface area (Å²) >= 11 is 5.06. The third kappa shape index (κ3) is 2.30. The zero-order chi connectivity index (χ0) is 15.1. The molecule has 1 atom stereocenters. The number of ketones is 1. The number of nitriles is 1. The van der Waals surface area contributed by atoms with Crippen LogP contribution in [0, 0.1) is 18.3 Å². The Morgan fingerprint density at radius 1 is 1.52 bits per heavy atom. The van der Waals surface area contributed by atoms with Gasteiger partial charge in [-0.15, -0.1) is 11.3 Å². The van der Waals surface area contributed by atoms with Crippen molar-refractivity contribution in [3.05, 3.63) is 43.1 Å². The highest BCUT2D eigenvalue weighted by Gasteiger charge is 2.38. The van der Waals surface area contributed by atoms with E-state index < -0.39 is 0 Å². The first-order valence-electron chi connectivity index (χ1n) is 6.62. The Morgan fingerprint density at radius 3 is 2.90 bits per heavy atom. The molecule has 0 fully saturated rings. The number of carbonyl (C=O) groups is 1. The molecule has 1 aliphatic carbocycles. The summed E-state index contributed by atoms with van der Waals surface area (Å²) in [6.45, 7) is 1.99. The SMILES string of the molecule is Cc1sc([C@H]2C(C#N)=C(N)OC3=C2C(=O)CCC3)cc1Br. The first-order chi connectivity index (χ1) is 10.0. The van der Waals surface area contributed by atoms with Crippen molar-refractivity contribution < 1.29 is 9.53 Å². The molecule has 0 bridgehead atoms. The average molecular weight is 365 g/mol. The van der Waals surface area contributed by atoms with Crippen molar-refractivity contribution in [3.8, 4) is 6.07 Å². The fourth-order valence-electron chi connectivity index (χ4n) is 2.76. The molecule has 1 aromatic heterocycles. The number of rotatable bonds is 1. The Balaban J connectivity index is 2.19. The second-order valence-corrected chi connectivity index (χ2v) is 7.23. The number of nitrogens with zero attached hydrogens (tertiary/aromatic N) is 1. The number of hydrogen-bond donors (Lipinski definition) is 1. The highest BCUT2D eigenvalue weighted by atomic mass is 79.9. The number of thiophene rings is 1. The molecular weight excluding hydrogens is 352 g/mol. The number of ether oxygens (including phenoxy) is 1. The minimum absolute atomic E-state index is 0.0590. The van der Waals surface area contributed by atoms with Crippen LogP contribution in [-0.2, 0) is 9.53 Å². The van der Waals surface area contributed by atoms with E-state index in [-0.39, 0.29) is 17.6 Å². The Bertz CT molecular complexity index is 720. The second kappa shape index (κ2) is 5.32. The molecule has 0 spiro atoms. The van der Waals surface area contributed by atoms with Crippen LogP contribution >= 0.6 is 27.3 Å².